The van der Waals surface area contributed by atoms with Crippen molar-refractivity contribution in [2.75, 3.05) is 0 Å². The van der Waals surface area contributed by atoms with E-state index >= 15 is 0 Å². The van der Waals surface area contributed by atoms with E-state index in [4.69, 9.17) is 0 Å². The van der Waals surface area contributed by atoms with Crippen molar-refractivity contribution in [2.24, 2.45) is 5.41 Å². The highest BCUT2D eigenvalue weighted by Gasteiger charge is 2.33. The van der Waals surface area contributed by atoms with Gasteiger partial charge in [-0.25, -0.2) is 0 Å². The third-order valence-electron chi connectivity index (χ3n) is 3.74. The maximum atomic E-state index is 11.3. The second-order valence-corrected chi connectivity index (χ2v) is 5.30. The SMILES string of the molecule is CC1(CCc2c(O)cccc2O)CCC(=O)C1. The highest BCUT2D eigenvalue weighted by atomic mass is 16.3. The molecule has 1 fully saturated rings. The first-order chi connectivity index (χ1) is 8.00. The van der Waals surface area contributed by atoms with Crippen LogP contribution in [0, 0.1) is 5.41 Å². The van der Waals surface area contributed by atoms with E-state index in [1.165, 1.54) is 0 Å². The number of phenolic OH excluding ortho intramolecular Hbond substituents is 2. The molecule has 1 unspecified atom stereocenters. The molecule has 0 spiro atoms. The van der Waals surface area contributed by atoms with Gasteiger partial charge in [0, 0.05) is 18.4 Å². The van der Waals surface area contributed by atoms with Crippen molar-refractivity contribution in [3.8, 4) is 11.5 Å². The zero-order chi connectivity index (χ0) is 12.5. The van der Waals surface area contributed by atoms with Gasteiger partial charge >= 0.3 is 0 Å². The number of carbonyl (C=O) groups excluding carboxylic acids is 1. The molecule has 92 valence electrons. The van der Waals surface area contributed by atoms with Crippen LogP contribution < -0.4 is 0 Å². The third kappa shape index (κ3) is 2.60. The molecule has 1 aliphatic carbocycles. The Morgan fingerprint density at radius 3 is 2.47 bits per heavy atom. The molecule has 1 aromatic rings. The van der Waals surface area contributed by atoms with Crippen LogP contribution in [0.15, 0.2) is 18.2 Å². The van der Waals surface area contributed by atoms with E-state index in [9.17, 15) is 15.0 Å². The monoisotopic (exact) mass is 234 g/mol. The van der Waals surface area contributed by atoms with Gasteiger partial charge in [0.25, 0.3) is 0 Å². The summed E-state index contributed by atoms with van der Waals surface area (Å²) >= 11 is 0. The fourth-order valence-corrected chi connectivity index (χ4v) is 2.55. The van der Waals surface area contributed by atoms with E-state index in [0.29, 0.717) is 30.6 Å². The zero-order valence-corrected chi connectivity index (χ0v) is 10.1. The van der Waals surface area contributed by atoms with E-state index in [0.717, 1.165) is 12.8 Å². The first kappa shape index (κ1) is 12.0. The minimum Gasteiger partial charge on any atom is -0.508 e. The molecule has 2 rings (SSSR count). The highest BCUT2D eigenvalue weighted by Crippen LogP contribution is 2.41. The summed E-state index contributed by atoms with van der Waals surface area (Å²) < 4.78 is 0. The van der Waals surface area contributed by atoms with E-state index < -0.39 is 0 Å². The fourth-order valence-electron chi connectivity index (χ4n) is 2.55. The fraction of sp³-hybridized carbons (Fsp3) is 0.500. The Balaban J connectivity index is 2.05. The van der Waals surface area contributed by atoms with Crippen molar-refractivity contribution >= 4 is 5.78 Å². The molecular formula is C14H18O3. The van der Waals surface area contributed by atoms with Crippen LogP contribution in [0.4, 0.5) is 0 Å². The Bertz CT molecular complexity index is 419. The zero-order valence-electron chi connectivity index (χ0n) is 10.1. The number of hydrogen-bond donors (Lipinski definition) is 2. The van der Waals surface area contributed by atoms with Gasteiger partial charge in [0.1, 0.15) is 17.3 Å². The summed E-state index contributed by atoms with van der Waals surface area (Å²) in [6.07, 6.45) is 3.65. The summed E-state index contributed by atoms with van der Waals surface area (Å²) in [5.74, 6) is 0.602. The summed E-state index contributed by atoms with van der Waals surface area (Å²) in [5, 5.41) is 19.3. The molecule has 17 heavy (non-hydrogen) atoms. The normalized spacial score (nSPS) is 24.2. The van der Waals surface area contributed by atoms with Gasteiger partial charge in [-0.2, -0.15) is 0 Å². The second-order valence-electron chi connectivity index (χ2n) is 5.30. The van der Waals surface area contributed by atoms with Crippen LogP contribution in [0.2, 0.25) is 0 Å². The van der Waals surface area contributed by atoms with Gasteiger partial charge in [0.15, 0.2) is 0 Å². The average Bonchev–Trinajstić information content (AvgIpc) is 2.58. The van der Waals surface area contributed by atoms with Crippen molar-refractivity contribution in [3.63, 3.8) is 0 Å². The lowest BCUT2D eigenvalue weighted by Gasteiger charge is -2.22. The Morgan fingerprint density at radius 1 is 1.29 bits per heavy atom. The van der Waals surface area contributed by atoms with Gasteiger partial charge in [0.2, 0.25) is 0 Å². The van der Waals surface area contributed by atoms with Crippen molar-refractivity contribution in [1.82, 2.24) is 0 Å². The molecule has 3 nitrogen and oxygen atoms in total. The molecule has 0 radical (unpaired) electrons. The molecule has 0 aromatic heterocycles. The highest BCUT2D eigenvalue weighted by molar-refractivity contribution is 5.81. The topological polar surface area (TPSA) is 57.5 Å². The Kier molecular flexibility index (Phi) is 3.09. The second kappa shape index (κ2) is 4.40. The van der Waals surface area contributed by atoms with E-state index in [1.54, 1.807) is 18.2 Å². The number of phenols is 2. The first-order valence-electron chi connectivity index (χ1n) is 6.02. The molecule has 0 bridgehead atoms. The molecule has 1 aliphatic rings. The third-order valence-corrected chi connectivity index (χ3v) is 3.74. The molecule has 1 saturated carbocycles. The number of rotatable bonds is 3. The van der Waals surface area contributed by atoms with Gasteiger partial charge < -0.3 is 10.2 Å². The van der Waals surface area contributed by atoms with E-state index in [-0.39, 0.29) is 16.9 Å². The molecule has 0 heterocycles. The minimum atomic E-state index is 0.0335. The molecule has 2 N–H and O–H groups in total. The Hall–Kier alpha value is -1.51. The van der Waals surface area contributed by atoms with Gasteiger partial charge in [-0.1, -0.05) is 13.0 Å². The average molecular weight is 234 g/mol. The van der Waals surface area contributed by atoms with Gasteiger partial charge in [-0.3, -0.25) is 4.79 Å². The van der Waals surface area contributed by atoms with Gasteiger partial charge in [-0.05, 0) is 36.8 Å². The number of hydrogen-bond acceptors (Lipinski definition) is 3. The lowest BCUT2D eigenvalue weighted by atomic mass is 9.82. The van der Waals surface area contributed by atoms with Crippen LogP contribution in [0.25, 0.3) is 0 Å². The quantitative estimate of drug-likeness (QED) is 0.845. The molecule has 0 aliphatic heterocycles. The lowest BCUT2D eigenvalue weighted by molar-refractivity contribution is -0.118. The Morgan fingerprint density at radius 2 is 1.94 bits per heavy atom. The summed E-state index contributed by atoms with van der Waals surface area (Å²) in [4.78, 5) is 11.3. The van der Waals surface area contributed by atoms with Gasteiger partial charge in [0.05, 0.1) is 0 Å². The van der Waals surface area contributed by atoms with Crippen LogP contribution in [0.5, 0.6) is 11.5 Å². The standard InChI is InChI=1S/C14H18O3/c1-14(7-5-10(15)9-14)8-6-11-12(16)3-2-4-13(11)17/h2-4,16-17H,5-9H2,1H3. The van der Waals surface area contributed by atoms with Crippen molar-refractivity contribution in [1.29, 1.82) is 0 Å². The maximum Gasteiger partial charge on any atom is 0.133 e. The lowest BCUT2D eigenvalue weighted by Crippen LogP contribution is -2.13. The van der Waals surface area contributed by atoms with E-state index in [1.807, 2.05) is 0 Å². The first-order valence-corrected chi connectivity index (χ1v) is 6.02. The van der Waals surface area contributed by atoms with Crippen molar-refractivity contribution in [2.45, 2.75) is 39.0 Å². The van der Waals surface area contributed by atoms with Crippen LogP contribution in [-0.2, 0) is 11.2 Å². The molecule has 0 saturated heterocycles. The minimum absolute atomic E-state index is 0.0335. The van der Waals surface area contributed by atoms with Crippen molar-refractivity contribution in [3.05, 3.63) is 23.8 Å². The molecule has 1 atom stereocenters. The largest absolute Gasteiger partial charge is 0.508 e. The number of Topliss-reactive ketones (excluding diaryl/α,β-unsaturated/α-hetero) is 1. The molecular weight excluding hydrogens is 216 g/mol. The van der Waals surface area contributed by atoms with Crippen LogP contribution in [0.3, 0.4) is 0 Å². The van der Waals surface area contributed by atoms with E-state index in [2.05, 4.69) is 6.92 Å². The number of benzene rings is 1. The van der Waals surface area contributed by atoms with Gasteiger partial charge in [-0.15, -0.1) is 0 Å². The van der Waals surface area contributed by atoms with Crippen LogP contribution in [0.1, 0.15) is 38.2 Å². The predicted molar refractivity (Wildman–Crippen MR) is 65.1 cm³/mol. The van der Waals surface area contributed by atoms with Crippen molar-refractivity contribution < 1.29 is 15.0 Å². The molecule has 1 aromatic carbocycles. The Labute approximate surface area is 101 Å². The summed E-state index contributed by atoms with van der Waals surface area (Å²) in [7, 11) is 0. The summed E-state index contributed by atoms with van der Waals surface area (Å²) in [6, 6.07) is 4.78. The predicted octanol–water partition coefficient (Wildman–Crippen LogP) is 2.79. The maximum absolute atomic E-state index is 11.3. The number of aromatic hydroxyl groups is 2. The number of ketones is 1. The van der Waals surface area contributed by atoms with Crippen LogP contribution >= 0.6 is 0 Å². The molecule has 3 heteroatoms. The van der Waals surface area contributed by atoms with Crippen LogP contribution in [-0.4, -0.2) is 16.0 Å². The summed E-state index contributed by atoms with van der Waals surface area (Å²) in [5.41, 5.74) is 0.624. The number of carbonyl (C=O) groups is 1. The summed E-state index contributed by atoms with van der Waals surface area (Å²) in [6.45, 7) is 2.11. The molecule has 0 amide bonds. The smallest absolute Gasteiger partial charge is 0.133 e.